The number of Topliss-reactive ketones (excluding diaryl/α,β-unsaturated/α-hetero) is 1. The third kappa shape index (κ3) is 2.23. The molecule has 6 nitrogen and oxygen atoms in total. The molecular weight excluding hydrogens is 368 g/mol. The Morgan fingerprint density at radius 2 is 2.14 bits per heavy atom. The minimum absolute atomic E-state index is 0.0994. The molecule has 0 aliphatic heterocycles. The summed E-state index contributed by atoms with van der Waals surface area (Å²) in [7, 11) is 0. The van der Waals surface area contributed by atoms with Gasteiger partial charge in [-0.2, -0.15) is 5.10 Å². The SMILES string of the molecule is C[C@@H]1CC2C3CCC4=Cc5[nH]ncc5C[C@]4(C)C3C(O)C[C@]2(C)[C@@]1(O)C(=O)CO. The van der Waals surface area contributed by atoms with Gasteiger partial charge in [0, 0.05) is 5.41 Å². The van der Waals surface area contributed by atoms with Crippen molar-refractivity contribution in [2.24, 2.45) is 34.5 Å². The molecular formula is C23H32N2O4. The van der Waals surface area contributed by atoms with Crippen LogP contribution in [0.1, 0.15) is 57.7 Å². The fourth-order valence-electron chi connectivity index (χ4n) is 8.15. The lowest BCUT2D eigenvalue weighted by atomic mass is 9.45. The Morgan fingerprint density at radius 1 is 1.38 bits per heavy atom. The molecule has 3 fully saturated rings. The van der Waals surface area contributed by atoms with Gasteiger partial charge in [-0.3, -0.25) is 9.89 Å². The third-order valence-electron chi connectivity index (χ3n) is 9.45. The molecule has 1 aromatic heterocycles. The second kappa shape index (κ2) is 6.02. The second-order valence-corrected chi connectivity index (χ2v) is 10.6. The number of aromatic nitrogens is 2. The number of hydrogen-bond acceptors (Lipinski definition) is 5. The van der Waals surface area contributed by atoms with Gasteiger partial charge in [0.25, 0.3) is 0 Å². The summed E-state index contributed by atoms with van der Waals surface area (Å²) in [4.78, 5) is 12.7. The first-order valence-electron chi connectivity index (χ1n) is 10.9. The summed E-state index contributed by atoms with van der Waals surface area (Å²) >= 11 is 0. The molecule has 1 aromatic rings. The number of ketones is 1. The second-order valence-electron chi connectivity index (χ2n) is 10.6. The van der Waals surface area contributed by atoms with Crippen LogP contribution in [0.2, 0.25) is 0 Å². The van der Waals surface area contributed by atoms with Crippen LogP contribution in [-0.4, -0.2) is 49.6 Å². The highest BCUT2D eigenvalue weighted by Crippen LogP contribution is 2.68. The molecule has 4 unspecified atom stereocenters. The number of aliphatic hydroxyl groups excluding tert-OH is 2. The molecule has 0 spiro atoms. The molecule has 0 amide bonds. The van der Waals surface area contributed by atoms with Crippen molar-refractivity contribution in [3.63, 3.8) is 0 Å². The number of rotatable bonds is 2. The van der Waals surface area contributed by atoms with E-state index < -0.39 is 29.5 Å². The molecule has 1 heterocycles. The lowest BCUT2D eigenvalue weighted by molar-refractivity contribution is -0.186. The molecule has 158 valence electrons. The first-order chi connectivity index (χ1) is 13.7. The van der Waals surface area contributed by atoms with E-state index in [0.717, 1.165) is 31.4 Å². The number of fused-ring (bicyclic) bond motifs is 6. The summed E-state index contributed by atoms with van der Waals surface area (Å²) in [6.07, 6.45) is 7.48. The van der Waals surface area contributed by atoms with Crippen molar-refractivity contribution in [3.8, 4) is 0 Å². The number of allylic oxidation sites excluding steroid dienone is 1. The Bertz CT molecular complexity index is 893. The lowest BCUT2D eigenvalue weighted by Gasteiger charge is -2.60. The number of nitrogens with zero attached hydrogens (tertiary/aromatic N) is 1. The van der Waals surface area contributed by atoms with Gasteiger partial charge < -0.3 is 15.3 Å². The summed E-state index contributed by atoms with van der Waals surface area (Å²) in [5.41, 5.74) is 1.25. The van der Waals surface area contributed by atoms with Gasteiger partial charge in [-0.15, -0.1) is 0 Å². The topological polar surface area (TPSA) is 106 Å². The van der Waals surface area contributed by atoms with Crippen LogP contribution < -0.4 is 0 Å². The van der Waals surface area contributed by atoms with E-state index in [1.807, 2.05) is 20.0 Å². The van der Waals surface area contributed by atoms with Gasteiger partial charge in [-0.25, -0.2) is 0 Å². The molecule has 0 bridgehead atoms. The Balaban J connectivity index is 1.57. The average molecular weight is 401 g/mol. The quantitative estimate of drug-likeness (QED) is 0.608. The number of carbonyl (C=O) groups excluding carboxylic acids is 1. The van der Waals surface area contributed by atoms with Gasteiger partial charge >= 0.3 is 0 Å². The van der Waals surface area contributed by atoms with E-state index in [4.69, 9.17) is 0 Å². The predicted octanol–water partition coefficient (Wildman–Crippen LogP) is 2.10. The van der Waals surface area contributed by atoms with Crippen molar-refractivity contribution >= 4 is 11.9 Å². The summed E-state index contributed by atoms with van der Waals surface area (Å²) in [5, 5.41) is 39.9. The Kier molecular flexibility index (Phi) is 4.04. The number of H-pyrrole nitrogens is 1. The lowest BCUT2D eigenvalue weighted by Crippen LogP contribution is -2.63. The molecule has 0 aromatic carbocycles. The van der Waals surface area contributed by atoms with Crippen LogP contribution in [0.25, 0.3) is 6.08 Å². The largest absolute Gasteiger partial charge is 0.393 e. The van der Waals surface area contributed by atoms with Gasteiger partial charge in [-0.05, 0) is 72.8 Å². The van der Waals surface area contributed by atoms with E-state index in [-0.39, 0.29) is 29.1 Å². The highest BCUT2D eigenvalue weighted by atomic mass is 16.3. The summed E-state index contributed by atoms with van der Waals surface area (Å²) < 4.78 is 0. The minimum atomic E-state index is -1.57. The number of hydrogen-bond donors (Lipinski definition) is 4. The van der Waals surface area contributed by atoms with E-state index >= 15 is 0 Å². The Hall–Kier alpha value is -1.50. The number of carbonyl (C=O) groups is 1. The number of aliphatic hydroxyl groups is 3. The van der Waals surface area contributed by atoms with Gasteiger partial charge in [0.15, 0.2) is 5.78 Å². The van der Waals surface area contributed by atoms with E-state index in [9.17, 15) is 20.1 Å². The van der Waals surface area contributed by atoms with Crippen LogP contribution in [0.3, 0.4) is 0 Å². The molecule has 0 saturated heterocycles. The average Bonchev–Trinajstić information content (AvgIpc) is 3.20. The van der Waals surface area contributed by atoms with Crippen molar-refractivity contribution in [1.29, 1.82) is 0 Å². The third-order valence-corrected chi connectivity index (χ3v) is 9.45. The monoisotopic (exact) mass is 400 g/mol. The van der Waals surface area contributed by atoms with Crippen LogP contribution in [0.15, 0.2) is 11.8 Å². The van der Waals surface area contributed by atoms with E-state index in [1.165, 1.54) is 11.1 Å². The molecule has 3 saturated carbocycles. The molecule has 6 heteroatoms. The summed E-state index contributed by atoms with van der Waals surface area (Å²) in [5.74, 6) is -0.205. The normalized spacial score (nSPS) is 48.2. The van der Waals surface area contributed by atoms with Crippen molar-refractivity contribution in [3.05, 3.63) is 23.0 Å². The zero-order chi connectivity index (χ0) is 20.8. The minimum Gasteiger partial charge on any atom is -0.393 e. The fourth-order valence-corrected chi connectivity index (χ4v) is 8.15. The standard InChI is InChI=1S/C23H32N2O4/c1-12-6-16-15-5-4-14-7-17-13(10-24-25-17)8-21(14,2)20(15)18(27)9-22(16,3)23(12,29)19(28)11-26/h7,10,12,15-16,18,20,26-27,29H,4-6,8-9,11H2,1-3H3,(H,24,25)/t12-,15?,16?,18?,20?,21+,22+,23+/m1/s1. The van der Waals surface area contributed by atoms with Gasteiger partial charge in [0.1, 0.15) is 12.2 Å². The molecule has 8 atom stereocenters. The smallest absolute Gasteiger partial charge is 0.190 e. The Labute approximate surface area is 171 Å². The van der Waals surface area contributed by atoms with Crippen molar-refractivity contribution in [2.45, 2.75) is 64.6 Å². The van der Waals surface area contributed by atoms with E-state index in [2.05, 4.69) is 23.2 Å². The van der Waals surface area contributed by atoms with Crippen LogP contribution in [-0.2, 0) is 11.2 Å². The summed E-state index contributed by atoms with van der Waals surface area (Å²) in [6.45, 7) is 5.52. The first kappa shape index (κ1) is 19.5. The highest BCUT2D eigenvalue weighted by molar-refractivity contribution is 5.90. The molecule has 4 aliphatic carbocycles. The van der Waals surface area contributed by atoms with Gasteiger partial charge in [-0.1, -0.05) is 26.3 Å². The molecule has 4 aliphatic rings. The zero-order valence-electron chi connectivity index (χ0n) is 17.5. The number of nitrogens with one attached hydrogen (secondary N) is 1. The first-order valence-corrected chi connectivity index (χ1v) is 10.9. The maximum absolute atomic E-state index is 12.7. The van der Waals surface area contributed by atoms with Crippen LogP contribution >= 0.6 is 0 Å². The van der Waals surface area contributed by atoms with E-state index in [1.54, 1.807) is 0 Å². The Morgan fingerprint density at radius 3 is 2.86 bits per heavy atom. The molecule has 29 heavy (non-hydrogen) atoms. The molecule has 0 radical (unpaired) electrons. The molecule has 4 N–H and O–H groups in total. The van der Waals surface area contributed by atoms with Crippen molar-refractivity contribution in [1.82, 2.24) is 10.2 Å². The van der Waals surface area contributed by atoms with Crippen molar-refractivity contribution < 1.29 is 20.1 Å². The maximum Gasteiger partial charge on any atom is 0.190 e. The summed E-state index contributed by atoms with van der Waals surface area (Å²) in [6, 6.07) is 0. The predicted molar refractivity (Wildman–Crippen MR) is 108 cm³/mol. The molecule has 5 rings (SSSR count). The number of aromatic amines is 1. The van der Waals surface area contributed by atoms with Crippen LogP contribution in [0.5, 0.6) is 0 Å². The van der Waals surface area contributed by atoms with Gasteiger partial charge in [0.2, 0.25) is 0 Å². The van der Waals surface area contributed by atoms with Crippen LogP contribution in [0.4, 0.5) is 0 Å². The van der Waals surface area contributed by atoms with E-state index in [0.29, 0.717) is 6.42 Å². The maximum atomic E-state index is 12.7. The zero-order valence-corrected chi connectivity index (χ0v) is 17.5. The highest BCUT2D eigenvalue weighted by Gasteiger charge is 2.70. The van der Waals surface area contributed by atoms with Gasteiger partial charge in [0.05, 0.1) is 18.0 Å². The fraction of sp³-hybridized carbons (Fsp3) is 0.739. The van der Waals surface area contributed by atoms with Crippen LogP contribution in [0, 0.1) is 34.5 Å². The van der Waals surface area contributed by atoms with Crippen molar-refractivity contribution in [2.75, 3.05) is 6.61 Å².